The summed E-state index contributed by atoms with van der Waals surface area (Å²) >= 11 is 0. The van der Waals surface area contributed by atoms with Crippen molar-refractivity contribution in [2.45, 2.75) is 429 Å². The highest BCUT2D eigenvalue weighted by Crippen LogP contribution is 2.24. The Morgan fingerprint density at radius 2 is 0.736 bits per heavy atom. The van der Waals surface area contributed by atoms with Crippen molar-refractivity contribution in [2.24, 2.45) is 0 Å². The van der Waals surface area contributed by atoms with Crippen molar-refractivity contribution >= 4 is 11.9 Å². The van der Waals surface area contributed by atoms with Crippen molar-refractivity contribution in [3.8, 4) is 0 Å². The van der Waals surface area contributed by atoms with E-state index in [0.717, 1.165) is 64.2 Å². The Kier molecular flexibility index (Phi) is 65.7. The van der Waals surface area contributed by atoms with Crippen LogP contribution in [-0.4, -0.2) is 100 Å². The first-order chi connectivity index (χ1) is 44.7. The first kappa shape index (κ1) is 86.6. The number of hydrogen-bond donors (Lipinski definition) is 6. The van der Waals surface area contributed by atoms with E-state index in [-0.39, 0.29) is 18.5 Å². The number of rotatable bonds is 70. The van der Waals surface area contributed by atoms with Crippen molar-refractivity contribution in [3.05, 3.63) is 48.6 Å². The van der Waals surface area contributed by atoms with Crippen LogP contribution in [0.2, 0.25) is 0 Å². The van der Waals surface area contributed by atoms with E-state index in [1.165, 1.54) is 295 Å². The summed E-state index contributed by atoms with van der Waals surface area (Å²) < 4.78 is 16.8. The van der Waals surface area contributed by atoms with Crippen molar-refractivity contribution in [1.29, 1.82) is 0 Å². The third-order valence-corrected chi connectivity index (χ3v) is 18.7. The maximum absolute atomic E-state index is 13.1. The lowest BCUT2D eigenvalue weighted by Crippen LogP contribution is -2.60. The van der Waals surface area contributed by atoms with Gasteiger partial charge in [-0.05, 0) is 89.9 Å². The fourth-order valence-corrected chi connectivity index (χ4v) is 12.5. The van der Waals surface area contributed by atoms with Crippen LogP contribution in [0.25, 0.3) is 0 Å². The monoisotopic (exact) mass is 1280 g/mol. The molecule has 91 heavy (non-hydrogen) atoms. The molecule has 0 aromatic heterocycles. The van der Waals surface area contributed by atoms with Gasteiger partial charge in [0.15, 0.2) is 6.29 Å². The molecule has 11 nitrogen and oxygen atoms in total. The molecular weight excluding hydrogens is 1130 g/mol. The Balaban J connectivity index is 1.93. The van der Waals surface area contributed by atoms with Gasteiger partial charge in [-0.15, -0.1) is 0 Å². The van der Waals surface area contributed by atoms with Crippen LogP contribution in [0.5, 0.6) is 0 Å². The maximum Gasteiger partial charge on any atom is 0.305 e. The standard InChI is InChI=1S/C80H149NO10/c1-3-5-7-9-11-13-15-17-43-46-50-54-58-62-66-73(83)72(71-90-80-79(88)78(87)77(86)74(70-82)91-80)81-75(84)67-63-59-55-51-47-44-41-39-37-35-33-31-29-27-25-23-21-19-18-20-22-24-26-28-30-32-34-36-38-40-42-45-49-53-57-61-65-69-89-76(85)68-64-60-56-52-48-16-14-12-10-8-6-4-2/h12,14,18,20,24,26,62,66,72-74,77-80,82-83,86-88H,3-11,13,15-17,19,21-23,25,27-61,63-65,67-71H2,1-2H3,(H,81,84)/b14-12-,20-18-,26-24-,66-62+. The smallest absolute Gasteiger partial charge is 0.305 e. The molecule has 1 saturated heterocycles. The van der Waals surface area contributed by atoms with E-state index < -0.39 is 49.5 Å². The second kappa shape index (κ2) is 69.0. The van der Waals surface area contributed by atoms with E-state index in [1.807, 2.05) is 6.08 Å². The first-order valence-electron chi connectivity index (χ1n) is 39.4. The molecule has 1 aliphatic rings. The predicted octanol–water partition coefficient (Wildman–Crippen LogP) is 21.1. The Hall–Kier alpha value is -2.38. The van der Waals surface area contributed by atoms with Crippen LogP contribution in [0.3, 0.4) is 0 Å². The average molecular weight is 1290 g/mol. The molecule has 0 aromatic carbocycles. The number of amides is 1. The summed E-state index contributed by atoms with van der Waals surface area (Å²) in [5.74, 6) is -0.174. The van der Waals surface area contributed by atoms with Gasteiger partial charge in [-0.1, -0.05) is 332 Å². The van der Waals surface area contributed by atoms with E-state index in [1.54, 1.807) is 6.08 Å². The summed E-state index contributed by atoms with van der Waals surface area (Å²) in [6.07, 6.45) is 81.3. The minimum atomic E-state index is -1.57. The van der Waals surface area contributed by atoms with Crippen molar-refractivity contribution in [2.75, 3.05) is 19.8 Å². The predicted molar refractivity (Wildman–Crippen MR) is 384 cm³/mol. The largest absolute Gasteiger partial charge is 0.466 e. The van der Waals surface area contributed by atoms with E-state index in [0.29, 0.717) is 19.4 Å². The number of unbranched alkanes of at least 4 members (excludes halogenated alkanes) is 50. The number of ether oxygens (including phenoxy) is 3. The third-order valence-electron chi connectivity index (χ3n) is 18.7. The molecule has 0 saturated carbocycles. The van der Waals surface area contributed by atoms with Crippen LogP contribution in [-0.2, 0) is 23.8 Å². The number of nitrogens with one attached hydrogen (secondary N) is 1. The van der Waals surface area contributed by atoms with Crippen LogP contribution in [0.1, 0.15) is 386 Å². The van der Waals surface area contributed by atoms with Gasteiger partial charge >= 0.3 is 5.97 Å². The third kappa shape index (κ3) is 57.6. The molecule has 0 radical (unpaired) electrons. The zero-order chi connectivity index (χ0) is 65.8. The molecule has 0 aromatic rings. The molecule has 1 aliphatic heterocycles. The van der Waals surface area contributed by atoms with Gasteiger partial charge in [-0.3, -0.25) is 9.59 Å². The lowest BCUT2D eigenvalue weighted by atomic mass is 9.99. The normalized spacial score (nSPS) is 17.8. The van der Waals surface area contributed by atoms with Gasteiger partial charge in [-0.25, -0.2) is 0 Å². The minimum absolute atomic E-state index is 0.00269. The molecule has 1 rings (SSSR count). The van der Waals surface area contributed by atoms with Crippen molar-refractivity contribution < 1.29 is 49.3 Å². The molecule has 0 aliphatic carbocycles. The zero-order valence-electron chi connectivity index (χ0n) is 59.6. The Labute approximate surface area is 561 Å². The number of allylic oxidation sites excluding steroid dienone is 7. The number of carbonyl (C=O) groups is 2. The maximum atomic E-state index is 13.1. The summed E-state index contributed by atoms with van der Waals surface area (Å²) in [5, 5.41) is 54.6. The molecule has 7 atom stereocenters. The van der Waals surface area contributed by atoms with E-state index in [4.69, 9.17) is 14.2 Å². The quantitative estimate of drug-likeness (QED) is 0.0195. The van der Waals surface area contributed by atoms with Crippen LogP contribution >= 0.6 is 0 Å². The average Bonchev–Trinajstić information content (AvgIpc) is 1.29. The second-order valence-corrected chi connectivity index (χ2v) is 27.4. The fourth-order valence-electron chi connectivity index (χ4n) is 12.5. The van der Waals surface area contributed by atoms with Crippen LogP contribution in [0.4, 0.5) is 0 Å². The van der Waals surface area contributed by atoms with Crippen LogP contribution in [0.15, 0.2) is 48.6 Å². The lowest BCUT2D eigenvalue weighted by Gasteiger charge is -2.40. The molecule has 1 fully saturated rings. The van der Waals surface area contributed by atoms with Gasteiger partial charge in [0.1, 0.15) is 24.4 Å². The summed E-state index contributed by atoms with van der Waals surface area (Å²) in [7, 11) is 0. The SMILES string of the molecule is CCCCC/C=C\CCCCCCCC(=O)OCCCCCCCCCCCCCCC/C=C\C/C=C\CCCCCCCCCCCCCCCCCCCC(=O)NC(COC1OC(CO)C(O)C(O)C1O)C(O)/C=C/CCCCCCCCCCCCCC. The summed E-state index contributed by atoms with van der Waals surface area (Å²) in [4.78, 5) is 25.1. The van der Waals surface area contributed by atoms with Gasteiger partial charge in [0.05, 0.1) is 32.0 Å². The van der Waals surface area contributed by atoms with Gasteiger partial charge in [0, 0.05) is 12.8 Å². The van der Waals surface area contributed by atoms with Gasteiger partial charge < -0.3 is 45.1 Å². The molecular formula is C80H149NO10. The van der Waals surface area contributed by atoms with Crippen LogP contribution in [0, 0.1) is 0 Å². The summed E-state index contributed by atoms with van der Waals surface area (Å²) in [6.45, 7) is 4.36. The van der Waals surface area contributed by atoms with E-state index in [2.05, 4.69) is 55.6 Å². The Bertz CT molecular complexity index is 1650. The number of esters is 1. The highest BCUT2D eigenvalue weighted by Gasteiger charge is 2.44. The number of aliphatic hydroxyl groups excluding tert-OH is 5. The second-order valence-electron chi connectivity index (χ2n) is 27.4. The highest BCUT2D eigenvalue weighted by molar-refractivity contribution is 5.76. The van der Waals surface area contributed by atoms with Crippen molar-refractivity contribution in [1.82, 2.24) is 5.32 Å². The summed E-state index contributed by atoms with van der Waals surface area (Å²) in [6, 6.07) is -0.809. The van der Waals surface area contributed by atoms with E-state index in [9.17, 15) is 35.1 Å². The summed E-state index contributed by atoms with van der Waals surface area (Å²) in [5.41, 5.74) is 0. The Morgan fingerprint density at radius 1 is 0.407 bits per heavy atom. The van der Waals surface area contributed by atoms with Gasteiger partial charge in [0.25, 0.3) is 0 Å². The zero-order valence-corrected chi connectivity index (χ0v) is 59.6. The minimum Gasteiger partial charge on any atom is -0.466 e. The number of aliphatic hydroxyl groups is 5. The topological polar surface area (TPSA) is 175 Å². The molecule has 11 heteroatoms. The molecule has 1 amide bonds. The number of carbonyl (C=O) groups excluding carboxylic acids is 2. The highest BCUT2D eigenvalue weighted by atomic mass is 16.7. The van der Waals surface area contributed by atoms with Crippen molar-refractivity contribution in [3.63, 3.8) is 0 Å². The Morgan fingerprint density at radius 3 is 1.14 bits per heavy atom. The van der Waals surface area contributed by atoms with Gasteiger partial charge in [-0.2, -0.15) is 0 Å². The molecule has 6 N–H and O–H groups in total. The van der Waals surface area contributed by atoms with E-state index >= 15 is 0 Å². The van der Waals surface area contributed by atoms with Crippen LogP contribution < -0.4 is 5.32 Å². The van der Waals surface area contributed by atoms with Gasteiger partial charge in [0.2, 0.25) is 5.91 Å². The number of hydrogen-bond acceptors (Lipinski definition) is 10. The lowest BCUT2D eigenvalue weighted by molar-refractivity contribution is -0.302. The molecule has 534 valence electrons. The molecule has 1 heterocycles. The molecule has 0 bridgehead atoms. The molecule has 0 spiro atoms. The molecule has 7 unspecified atom stereocenters. The first-order valence-corrected chi connectivity index (χ1v) is 39.4. The fraction of sp³-hybridized carbons (Fsp3) is 0.875.